The van der Waals surface area contributed by atoms with Crippen molar-refractivity contribution in [3.8, 4) is 0 Å². The molecule has 1 atom stereocenters. The summed E-state index contributed by atoms with van der Waals surface area (Å²) in [6, 6.07) is 3.62. The zero-order chi connectivity index (χ0) is 13.9. The maximum Gasteiger partial charge on any atom is 0.309 e. The molecule has 0 radical (unpaired) electrons. The normalized spacial score (nSPS) is 17.6. The molecule has 1 aliphatic carbocycles. The Kier molecular flexibility index (Phi) is 3.90. The quantitative estimate of drug-likeness (QED) is 0.653. The minimum Gasteiger partial charge on any atom is -0.469 e. The first-order valence-electron chi connectivity index (χ1n) is 6.30. The lowest BCUT2D eigenvalue weighted by Gasteiger charge is -2.22. The molecule has 1 aromatic heterocycles. The molecule has 1 aliphatic rings. The average molecular weight is 266 g/mol. The molecule has 0 spiro atoms. The van der Waals surface area contributed by atoms with Crippen LogP contribution in [-0.2, 0) is 16.0 Å². The van der Waals surface area contributed by atoms with E-state index in [0.717, 1.165) is 12.8 Å². The zero-order valence-corrected chi connectivity index (χ0v) is 10.8. The van der Waals surface area contributed by atoms with Gasteiger partial charge in [0.1, 0.15) is 5.76 Å². The van der Waals surface area contributed by atoms with E-state index >= 15 is 0 Å². The SMILES string of the molecule is CC(O)(CNC(=O)C(=O)NC1CC1)Cc1ccco1. The summed E-state index contributed by atoms with van der Waals surface area (Å²) in [4.78, 5) is 22.9. The third kappa shape index (κ3) is 4.40. The summed E-state index contributed by atoms with van der Waals surface area (Å²) in [5, 5.41) is 15.1. The number of hydrogen-bond acceptors (Lipinski definition) is 4. The molecular weight excluding hydrogens is 248 g/mol. The van der Waals surface area contributed by atoms with E-state index in [1.54, 1.807) is 19.1 Å². The largest absolute Gasteiger partial charge is 0.469 e. The average Bonchev–Trinajstić information content (AvgIpc) is 3.01. The van der Waals surface area contributed by atoms with Crippen molar-refractivity contribution >= 4 is 11.8 Å². The van der Waals surface area contributed by atoms with Gasteiger partial charge in [0.25, 0.3) is 0 Å². The lowest BCUT2D eigenvalue weighted by Crippen LogP contribution is -2.47. The first kappa shape index (κ1) is 13.6. The van der Waals surface area contributed by atoms with Crippen LogP contribution in [0.25, 0.3) is 0 Å². The third-order valence-electron chi connectivity index (χ3n) is 2.88. The summed E-state index contributed by atoms with van der Waals surface area (Å²) in [6.45, 7) is 1.57. The Hall–Kier alpha value is -1.82. The van der Waals surface area contributed by atoms with Crippen LogP contribution in [0.3, 0.4) is 0 Å². The van der Waals surface area contributed by atoms with Crippen molar-refractivity contribution < 1.29 is 19.1 Å². The van der Waals surface area contributed by atoms with E-state index in [1.807, 2.05) is 0 Å². The number of aliphatic hydroxyl groups is 1. The molecule has 0 bridgehead atoms. The van der Waals surface area contributed by atoms with Crippen molar-refractivity contribution in [3.05, 3.63) is 24.2 Å². The summed E-state index contributed by atoms with van der Waals surface area (Å²) in [7, 11) is 0. The third-order valence-corrected chi connectivity index (χ3v) is 2.88. The molecule has 3 N–H and O–H groups in total. The fourth-order valence-corrected chi connectivity index (χ4v) is 1.68. The fraction of sp³-hybridized carbons (Fsp3) is 0.538. The number of rotatable bonds is 5. The van der Waals surface area contributed by atoms with Gasteiger partial charge in [-0.15, -0.1) is 0 Å². The molecular formula is C13H18N2O4. The molecule has 6 nitrogen and oxygen atoms in total. The second-order valence-electron chi connectivity index (χ2n) is 5.18. The van der Waals surface area contributed by atoms with E-state index in [1.165, 1.54) is 6.26 Å². The molecule has 1 unspecified atom stereocenters. The topological polar surface area (TPSA) is 91.6 Å². The molecule has 0 saturated heterocycles. The first-order valence-corrected chi connectivity index (χ1v) is 6.30. The molecule has 0 aromatic carbocycles. The molecule has 6 heteroatoms. The van der Waals surface area contributed by atoms with Crippen molar-refractivity contribution in [3.63, 3.8) is 0 Å². The molecule has 1 fully saturated rings. The van der Waals surface area contributed by atoms with Crippen molar-refractivity contribution in [1.82, 2.24) is 10.6 Å². The van der Waals surface area contributed by atoms with Gasteiger partial charge in [0, 0.05) is 19.0 Å². The van der Waals surface area contributed by atoms with Gasteiger partial charge in [0.2, 0.25) is 0 Å². The summed E-state index contributed by atoms with van der Waals surface area (Å²) < 4.78 is 5.13. The molecule has 19 heavy (non-hydrogen) atoms. The Morgan fingerprint density at radius 2 is 2.21 bits per heavy atom. The highest BCUT2D eigenvalue weighted by atomic mass is 16.3. The van der Waals surface area contributed by atoms with Crippen LogP contribution in [0.5, 0.6) is 0 Å². The Balaban J connectivity index is 1.76. The number of carbonyl (C=O) groups is 2. The Morgan fingerprint density at radius 1 is 1.47 bits per heavy atom. The van der Waals surface area contributed by atoms with E-state index < -0.39 is 17.4 Å². The molecule has 0 aliphatic heterocycles. The molecule has 1 heterocycles. The van der Waals surface area contributed by atoms with Crippen molar-refractivity contribution in [2.75, 3.05) is 6.54 Å². The monoisotopic (exact) mass is 266 g/mol. The summed E-state index contributed by atoms with van der Waals surface area (Å²) >= 11 is 0. The first-order chi connectivity index (χ1) is 8.96. The van der Waals surface area contributed by atoms with Gasteiger partial charge in [-0.05, 0) is 31.9 Å². The van der Waals surface area contributed by atoms with Crippen LogP contribution in [0, 0.1) is 0 Å². The Labute approximate surface area is 111 Å². The van der Waals surface area contributed by atoms with Gasteiger partial charge < -0.3 is 20.2 Å². The van der Waals surface area contributed by atoms with Gasteiger partial charge in [0.15, 0.2) is 0 Å². The molecule has 2 amide bonds. The van der Waals surface area contributed by atoms with Gasteiger partial charge >= 0.3 is 11.8 Å². The van der Waals surface area contributed by atoms with E-state index in [9.17, 15) is 14.7 Å². The van der Waals surface area contributed by atoms with Gasteiger partial charge in [-0.2, -0.15) is 0 Å². The predicted octanol–water partition coefficient (Wildman–Crippen LogP) is -0.0321. The van der Waals surface area contributed by atoms with Crippen LogP contribution in [-0.4, -0.2) is 35.1 Å². The Bertz CT molecular complexity index is 449. The minimum atomic E-state index is -1.16. The van der Waals surface area contributed by atoms with Crippen LogP contribution in [0.4, 0.5) is 0 Å². The van der Waals surface area contributed by atoms with E-state index in [2.05, 4.69) is 10.6 Å². The maximum absolute atomic E-state index is 11.5. The van der Waals surface area contributed by atoms with E-state index in [0.29, 0.717) is 5.76 Å². The summed E-state index contributed by atoms with van der Waals surface area (Å²) in [5.41, 5.74) is -1.16. The lowest BCUT2D eigenvalue weighted by molar-refractivity contribution is -0.139. The van der Waals surface area contributed by atoms with Crippen LogP contribution in [0.2, 0.25) is 0 Å². The molecule has 104 valence electrons. The van der Waals surface area contributed by atoms with Crippen molar-refractivity contribution in [2.24, 2.45) is 0 Å². The van der Waals surface area contributed by atoms with Gasteiger partial charge in [-0.3, -0.25) is 9.59 Å². The second kappa shape index (κ2) is 5.44. The number of furan rings is 1. The molecule has 1 saturated carbocycles. The standard InChI is InChI=1S/C13H18N2O4/c1-13(18,7-10-3-2-6-19-10)8-14-11(16)12(17)15-9-4-5-9/h2-3,6,9,18H,4-5,7-8H2,1H3,(H,14,16)(H,15,17). The van der Waals surface area contributed by atoms with Crippen LogP contribution < -0.4 is 10.6 Å². The number of hydrogen-bond donors (Lipinski definition) is 3. The minimum absolute atomic E-state index is 0.00931. The van der Waals surface area contributed by atoms with Crippen LogP contribution in [0.15, 0.2) is 22.8 Å². The van der Waals surface area contributed by atoms with Crippen molar-refractivity contribution in [1.29, 1.82) is 0 Å². The Morgan fingerprint density at radius 3 is 2.79 bits per heavy atom. The molecule has 2 rings (SSSR count). The highest BCUT2D eigenvalue weighted by Crippen LogP contribution is 2.18. The van der Waals surface area contributed by atoms with E-state index in [-0.39, 0.29) is 19.0 Å². The van der Waals surface area contributed by atoms with Gasteiger partial charge in [-0.25, -0.2) is 0 Å². The highest BCUT2D eigenvalue weighted by Gasteiger charge is 2.28. The second-order valence-corrected chi connectivity index (χ2v) is 5.18. The zero-order valence-electron chi connectivity index (χ0n) is 10.8. The van der Waals surface area contributed by atoms with Crippen LogP contribution >= 0.6 is 0 Å². The van der Waals surface area contributed by atoms with Crippen molar-refractivity contribution in [2.45, 2.75) is 37.8 Å². The van der Waals surface area contributed by atoms with Gasteiger partial charge in [-0.1, -0.05) is 0 Å². The lowest BCUT2D eigenvalue weighted by atomic mass is 10.0. The summed E-state index contributed by atoms with van der Waals surface area (Å²) in [6.07, 6.45) is 3.64. The van der Waals surface area contributed by atoms with Crippen LogP contribution in [0.1, 0.15) is 25.5 Å². The van der Waals surface area contributed by atoms with Gasteiger partial charge in [0.05, 0.1) is 11.9 Å². The van der Waals surface area contributed by atoms with E-state index in [4.69, 9.17) is 4.42 Å². The summed E-state index contributed by atoms with van der Waals surface area (Å²) in [5.74, 6) is -0.732. The highest BCUT2D eigenvalue weighted by molar-refractivity contribution is 6.35. The fourth-order valence-electron chi connectivity index (χ4n) is 1.68. The number of amides is 2. The predicted molar refractivity (Wildman–Crippen MR) is 67.2 cm³/mol. The molecule has 1 aromatic rings. The smallest absolute Gasteiger partial charge is 0.309 e. The maximum atomic E-state index is 11.5. The number of nitrogens with one attached hydrogen (secondary N) is 2. The number of carbonyl (C=O) groups excluding carboxylic acids is 2.